The van der Waals surface area contributed by atoms with Crippen molar-refractivity contribution in [3.8, 4) is 0 Å². The molecule has 90 valence electrons. The normalized spacial score (nSPS) is 20.7. The van der Waals surface area contributed by atoms with E-state index in [2.05, 4.69) is 16.8 Å². The SMILES string of the molecule is C=CCNC(=O)CN1CCCC1CC(C)=O. The van der Waals surface area contributed by atoms with Gasteiger partial charge < -0.3 is 5.32 Å². The molecule has 0 aromatic carbocycles. The summed E-state index contributed by atoms with van der Waals surface area (Å²) in [5.74, 6) is 0.207. The topological polar surface area (TPSA) is 49.4 Å². The number of carbonyl (C=O) groups is 2. The molecule has 1 heterocycles. The molecule has 1 fully saturated rings. The molecule has 1 amide bonds. The van der Waals surface area contributed by atoms with Gasteiger partial charge in [0.25, 0.3) is 0 Å². The van der Waals surface area contributed by atoms with Gasteiger partial charge in [0, 0.05) is 19.0 Å². The Kier molecular flexibility index (Phi) is 5.19. The number of carbonyl (C=O) groups excluding carboxylic acids is 2. The highest BCUT2D eigenvalue weighted by molar-refractivity contribution is 5.79. The predicted octanol–water partition coefficient (Wildman–Crippen LogP) is 0.732. The Hall–Kier alpha value is -1.16. The highest BCUT2D eigenvalue weighted by atomic mass is 16.2. The number of hydrogen-bond donors (Lipinski definition) is 1. The number of hydrogen-bond acceptors (Lipinski definition) is 3. The van der Waals surface area contributed by atoms with Crippen LogP contribution < -0.4 is 5.32 Å². The lowest BCUT2D eigenvalue weighted by Crippen LogP contribution is -2.40. The lowest BCUT2D eigenvalue weighted by Gasteiger charge is -2.22. The van der Waals surface area contributed by atoms with Crippen LogP contribution in [0.3, 0.4) is 0 Å². The summed E-state index contributed by atoms with van der Waals surface area (Å²) in [6.45, 7) is 6.97. The molecule has 0 radical (unpaired) electrons. The Morgan fingerprint density at radius 3 is 2.94 bits per heavy atom. The van der Waals surface area contributed by atoms with E-state index in [0.29, 0.717) is 19.5 Å². The number of Topliss-reactive ketones (excluding diaryl/α,β-unsaturated/α-hetero) is 1. The van der Waals surface area contributed by atoms with E-state index in [4.69, 9.17) is 0 Å². The molecule has 1 aliphatic heterocycles. The van der Waals surface area contributed by atoms with Crippen molar-refractivity contribution in [3.63, 3.8) is 0 Å². The van der Waals surface area contributed by atoms with E-state index >= 15 is 0 Å². The number of amides is 1. The summed E-state index contributed by atoms with van der Waals surface area (Å²) in [5.41, 5.74) is 0. The molecule has 1 N–H and O–H groups in total. The van der Waals surface area contributed by atoms with Crippen LogP contribution in [0.5, 0.6) is 0 Å². The molecule has 4 heteroatoms. The van der Waals surface area contributed by atoms with Crippen molar-refractivity contribution in [1.82, 2.24) is 10.2 Å². The van der Waals surface area contributed by atoms with Crippen LogP contribution >= 0.6 is 0 Å². The Labute approximate surface area is 96.7 Å². The number of nitrogens with zero attached hydrogens (tertiary/aromatic N) is 1. The summed E-state index contributed by atoms with van der Waals surface area (Å²) in [7, 11) is 0. The van der Waals surface area contributed by atoms with E-state index < -0.39 is 0 Å². The second-order valence-corrected chi connectivity index (χ2v) is 4.27. The van der Waals surface area contributed by atoms with Crippen molar-refractivity contribution in [2.75, 3.05) is 19.6 Å². The molecule has 0 aliphatic carbocycles. The van der Waals surface area contributed by atoms with E-state index in [1.54, 1.807) is 13.0 Å². The molecule has 0 saturated carbocycles. The summed E-state index contributed by atoms with van der Waals surface area (Å²) >= 11 is 0. The zero-order valence-corrected chi connectivity index (χ0v) is 9.87. The smallest absolute Gasteiger partial charge is 0.234 e. The molecule has 1 aliphatic rings. The fourth-order valence-corrected chi connectivity index (χ4v) is 2.09. The Bertz CT molecular complexity index is 276. The van der Waals surface area contributed by atoms with Gasteiger partial charge in [-0.25, -0.2) is 0 Å². The van der Waals surface area contributed by atoms with E-state index in [1.807, 2.05) is 0 Å². The zero-order valence-electron chi connectivity index (χ0n) is 9.87. The van der Waals surface area contributed by atoms with Gasteiger partial charge in [0.2, 0.25) is 5.91 Å². The molecule has 1 saturated heterocycles. The Balaban J connectivity index is 2.36. The Morgan fingerprint density at radius 2 is 2.31 bits per heavy atom. The van der Waals surface area contributed by atoms with Crippen LogP contribution in [0.4, 0.5) is 0 Å². The molecular formula is C12H20N2O2. The Morgan fingerprint density at radius 1 is 1.56 bits per heavy atom. The van der Waals surface area contributed by atoms with E-state index in [1.165, 1.54) is 0 Å². The van der Waals surface area contributed by atoms with Crippen molar-refractivity contribution in [1.29, 1.82) is 0 Å². The van der Waals surface area contributed by atoms with E-state index in [0.717, 1.165) is 19.4 Å². The van der Waals surface area contributed by atoms with Crippen LogP contribution in [0.2, 0.25) is 0 Å². The van der Waals surface area contributed by atoms with Crippen molar-refractivity contribution in [2.24, 2.45) is 0 Å². The van der Waals surface area contributed by atoms with Gasteiger partial charge in [-0.3, -0.25) is 14.5 Å². The number of rotatable bonds is 6. The third-order valence-corrected chi connectivity index (χ3v) is 2.81. The number of nitrogens with one attached hydrogen (secondary N) is 1. The maximum absolute atomic E-state index is 11.5. The molecule has 0 bridgehead atoms. The summed E-state index contributed by atoms with van der Waals surface area (Å²) in [6, 6.07) is 0.256. The van der Waals surface area contributed by atoms with Crippen molar-refractivity contribution < 1.29 is 9.59 Å². The lowest BCUT2D eigenvalue weighted by atomic mass is 10.1. The van der Waals surface area contributed by atoms with Gasteiger partial charge in [-0.05, 0) is 26.3 Å². The third kappa shape index (κ3) is 4.14. The summed E-state index contributed by atoms with van der Waals surface area (Å²) < 4.78 is 0. The molecule has 0 aromatic heterocycles. The van der Waals surface area contributed by atoms with Gasteiger partial charge in [0.15, 0.2) is 0 Å². The molecular weight excluding hydrogens is 204 g/mol. The minimum Gasteiger partial charge on any atom is -0.352 e. The minimum absolute atomic E-state index is 0.00959. The monoisotopic (exact) mass is 224 g/mol. The first-order chi connectivity index (χ1) is 7.63. The molecule has 1 unspecified atom stereocenters. The van der Waals surface area contributed by atoms with Crippen molar-refractivity contribution in [2.45, 2.75) is 32.2 Å². The van der Waals surface area contributed by atoms with Gasteiger partial charge in [-0.1, -0.05) is 6.08 Å². The van der Waals surface area contributed by atoms with Crippen LogP contribution in [-0.2, 0) is 9.59 Å². The second kappa shape index (κ2) is 6.43. The van der Waals surface area contributed by atoms with Gasteiger partial charge in [-0.2, -0.15) is 0 Å². The molecule has 16 heavy (non-hydrogen) atoms. The molecule has 1 atom stereocenters. The first-order valence-electron chi connectivity index (χ1n) is 5.74. The lowest BCUT2D eigenvalue weighted by molar-refractivity contribution is -0.123. The average molecular weight is 224 g/mol. The second-order valence-electron chi connectivity index (χ2n) is 4.27. The van der Waals surface area contributed by atoms with Crippen molar-refractivity contribution in [3.05, 3.63) is 12.7 Å². The molecule has 0 aromatic rings. The largest absolute Gasteiger partial charge is 0.352 e. The standard InChI is InChI=1S/C12H20N2O2/c1-3-6-13-12(16)9-14-7-4-5-11(14)8-10(2)15/h3,11H,1,4-9H2,2H3,(H,13,16). The first kappa shape index (κ1) is 12.9. The minimum atomic E-state index is 0.00959. The molecule has 0 spiro atoms. The van der Waals surface area contributed by atoms with Gasteiger partial charge >= 0.3 is 0 Å². The molecule has 4 nitrogen and oxygen atoms in total. The third-order valence-electron chi connectivity index (χ3n) is 2.81. The van der Waals surface area contributed by atoms with Crippen LogP contribution in [0, 0.1) is 0 Å². The highest BCUT2D eigenvalue weighted by Crippen LogP contribution is 2.19. The van der Waals surface area contributed by atoms with Crippen LogP contribution in [0.25, 0.3) is 0 Å². The van der Waals surface area contributed by atoms with Crippen LogP contribution in [-0.4, -0.2) is 42.3 Å². The van der Waals surface area contributed by atoms with E-state index in [-0.39, 0.29) is 17.7 Å². The quantitative estimate of drug-likeness (QED) is 0.677. The predicted molar refractivity (Wildman–Crippen MR) is 63.1 cm³/mol. The fourth-order valence-electron chi connectivity index (χ4n) is 2.09. The van der Waals surface area contributed by atoms with Gasteiger partial charge in [0.1, 0.15) is 5.78 Å². The molecule has 1 rings (SSSR count). The first-order valence-corrected chi connectivity index (χ1v) is 5.74. The zero-order chi connectivity index (χ0) is 12.0. The summed E-state index contributed by atoms with van der Waals surface area (Å²) in [4.78, 5) is 24.7. The highest BCUT2D eigenvalue weighted by Gasteiger charge is 2.26. The van der Waals surface area contributed by atoms with Gasteiger partial charge in [-0.15, -0.1) is 6.58 Å². The summed E-state index contributed by atoms with van der Waals surface area (Å²) in [5, 5.41) is 2.75. The fraction of sp³-hybridized carbons (Fsp3) is 0.667. The van der Waals surface area contributed by atoms with Gasteiger partial charge in [0.05, 0.1) is 6.54 Å². The number of likely N-dealkylation sites (tertiary alicyclic amines) is 1. The van der Waals surface area contributed by atoms with Crippen LogP contribution in [0.15, 0.2) is 12.7 Å². The van der Waals surface area contributed by atoms with E-state index in [9.17, 15) is 9.59 Å². The summed E-state index contributed by atoms with van der Waals surface area (Å²) in [6.07, 6.45) is 4.32. The average Bonchev–Trinajstić information content (AvgIpc) is 2.62. The number of ketones is 1. The van der Waals surface area contributed by atoms with Crippen molar-refractivity contribution >= 4 is 11.7 Å². The maximum atomic E-state index is 11.5. The maximum Gasteiger partial charge on any atom is 0.234 e. The van der Waals surface area contributed by atoms with Crippen LogP contribution in [0.1, 0.15) is 26.2 Å².